The maximum atomic E-state index is 14.5. The summed E-state index contributed by atoms with van der Waals surface area (Å²) in [5, 5.41) is 0.426. The number of halogens is 1. The van der Waals surface area contributed by atoms with Crippen LogP contribution in [0.3, 0.4) is 0 Å². The number of carbonyl (C=O) groups is 1. The van der Waals surface area contributed by atoms with Crippen molar-refractivity contribution in [3.8, 4) is 0 Å². The Kier molecular flexibility index (Phi) is 5.98. The summed E-state index contributed by atoms with van der Waals surface area (Å²) in [4.78, 5) is 15.9. The summed E-state index contributed by atoms with van der Waals surface area (Å²) < 4.78 is 48.2. The van der Waals surface area contributed by atoms with Crippen molar-refractivity contribution in [2.45, 2.75) is 37.2 Å². The number of ether oxygens (including phenoxy) is 1. The van der Waals surface area contributed by atoms with Crippen molar-refractivity contribution in [3.63, 3.8) is 0 Å². The van der Waals surface area contributed by atoms with Crippen molar-refractivity contribution in [3.05, 3.63) is 58.2 Å². The molecular weight excluding hydrogens is 463 g/mol. The van der Waals surface area contributed by atoms with E-state index in [-0.39, 0.29) is 23.2 Å². The summed E-state index contributed by atoms with van der Waals surface area (Å²) in [6.07, 6.45) is 3.39. The van der Waals surface area contributed by atoms with E-state index in [1.54, 1.807) is 39.5 Å². The highest BCUT2D eigenvalue weighted by Gasteiger charge is 2.32. The van der Waals surface area contributed by atoms with Gasteiger partial charge in [-0.1, -0.05) is 12.5 Å². The minimum absolute atomic E-state index is 0.135. The lowest BCUT2D eigenvalue weighted by molar-refractivity contribution is 0.0989. The minimum atomic E-state index is -3.54. The molecule has 2 aliphatic heterocycles. The van der Waals surface area contributed by atoms with E-state index in [9.17, 15) is 17.6 Å². The van der Waals surface area contributed by atoms with Gasteiger partial charge in [0.1, 0.15) is 5.82 Å². The van der Waals surface area contributed by atoms with Crippen LogP contribution in [0.15, 0.2) is 41.3 Å². The van der Waals surface area contributed by atoms with Crippen LogP contribution in [0.4, 0.5) is 10.1 Å². The molecule has 1 saturated heterocycles. The molecule has 0 spiro atoms. The summed E-state index contributed by atoms with van der Waals surface area (Å²) in [5.41, 5.74) is 2.10. The summed E-state index contributed by atoms with van der Waals surface area (Å²) in [6.45, 7) is 1.68. The van der Waals surface area contributed by atoms with E-state index in [2.05, 4.69) is 0 Å². The van der Waals surface area contributed by atoms with Gasteiger partial charge in [-0.15, -0.1) is 11.3 Å². The number of carbonyl (C=O) groups excluding carboxylic acids is 1. The second-order valence-corrected chi connectivity index (χ2v) is 11.4. The molecule has 0 radical (unpaired) electrons. The van der Waals surface area contributed by atoms with Gasteiger partial charge in [0.05, 0.1) is 16.4 Å². The molecule has 174 valence electrons. The number of sulfonamides is 1. The van der Waals surface area contributed by atoms with Crippen LogP contribution in [-0.4, -0.2) is 45.4 Å². The molecule has 2 aliphatic rings. The van der Waals surface area contributed by atoms with E-state index >= 15 is 0 Å². The van der Waals surface area contributed by atoms with Crippen LogP contribution in [0.1, 0.15) is 40.1 Å². The standard InChI is InChI=1S/C24H25FN2O4S2/c1-31-15-18-22-19(25)6-5-7-21(22)32-23(18)24(28)27-13-10-16-14-17(8-9-20(16)27)33(29,30)26-11-3-2-4-12-26/h5-9,14H,2-4,10-13,15H2,1H3. The third-order valence-corrected chi connectivity index (χ3v) is 9.47. The van der Waals surface area contributed by atoms with Crippen molar-refractivity contribution in [1.29, 1.82) is 0 Å². The second-order valence-electron chi connectivity index (χ2n) is 8.42. The smallest absolute Gasteiger partial charge is 0.268 e. The SMILES string of the molecule is COCc1c(C(=O)N2CCc3cc(S(=O)(=O)N4CCCCC4)ccc32)sc2cccc(F)c12. The highest BCUT2D eigenvalue weighted by Crippen LogP contribution is 2.38. The zero-order chi connectivity index (χ0) is 23.2. The van der Waals surface area contributed by atoms with Crippen molar-refractivity contribution >= 4 is 43.0 Å². The van der Waals surface area contributed by atoms with Gasteiger partial charge in [-0.2, -0.15) is 4.31 Å². The van der Waals surface area contributed by atoms with E-state index in [0.717, 1.165) is 24.8 Å². The van der Waals surface area contributed by atoms with Crippen LogP contribution in [0, 0.1) is 5.82 Å². The number of thiophene rings is 1. The maximum Gasteiger partial charge on any atom is 0.268 e. The van der Waals surface area contributed by atoms with Gasteiger partial charge in [-0.25, -0.2) is 12.8 Å². The quantitative estimate of drug-likeness (QED) is 0.528. The fourth-order valence-electron chi connectivity index (χ4n) is 4.75. The average molecular weight is 489 g/mol. The fourth-order valence-corrected chi connectivity index (χ4v) is 7.49. The van der Waals surface area contributed by atoms with Crippen LogP contribution in [0.25, 0.3) is 10.1 Å². The molecule has 9 heteroatoms. The lowest BCUT2D eigenvalue weighted by atomic mass is 10.1. The lowest BCUT2D eigenvalue weighted by Crippen LogP contribution is -2.35. The highest BCUT2D eigenvalue weighted by molar-refractivity contribution is 7.89. The number of hydrogen-bond donors (Lipinski definition) is 0. The van der Waals surface area contributed by atoms with E-state index in [4.69, 9.17) is 4.74 Å². The predicted octanol–water partition coefficient (Wildman–Crippen LogP) is 4.56. The number of rotatable bonds is 5. The number of nitrogens with zero attached hydrogens (tertiary/aromatic N) is 2. The van der Waals surface area contributed by atoms with Crippen LogP contribution >= 0.6 is 11.3 Å². The zero-order valence-electron chi connectivity index (χ0n) is 18.3. The Morgan fingerprint density at radius 2 is 1.91 bits per heavy atom. The molecule has 1 amide bonds. The number of benzene rings is 2. The number of fused-ring (bicyclic) bond motifs is 2. The van der Waals surface area contributed by atoms with E-state index in [0.29, 0.717) is 52.3 Å². The fraction of sp³-hybridized carbons (Fsp3) is 0.375. The Bertz CT molecular complexity index is 1330. The Morgan fingerprint density at radius 1 is 1.12 bits per heavy atom. The number of methoxy groups -OCH3 is 1. The van der Waals surface area contributed by atoms with Gasteiger partial charge in [0.25, 0.3) is 5.91 Å². The topological polar surface area (TPSA) is 66.9 Å². The van der Waals surface area contributed by atoms with Gasteiger partial charge >= 0.3 is 0 Å². The molecule has 0 aliphatic carbocycles. The number of hydrogen-bond acceptors (Lipinski definition) is 5. The zero-order valence-corrected chi connectivity index (χ0v) is 20.0. The molecule has 3 heterocycles. The van der Waals surface area contributed by atoms with E-state index in [1.165, 1.54) is 24.5 Å². The lowest BCUT2D eigenvalue weighted by Gasteiger charge is -2.26. The van der Waals surface area contributed by atoms with E-state index in [1.807, 2.05) is 0 Å². The molecule has 5 rings (SSSR count). The Hall–Kier alpha value is -2.33. The highest BCUT2D eigenvalue weighted by atomic mass is 32.2. The van der Waals surface area contributed by atoms with Crippen molar-refractivity contribution < 1.29 is 22.3 Å². The van der Waals surface area contributed by atoms with Crippen LogP contribution in [0.2, 0.25) is 0 Å². The molecular formula is C24H25FN2O4S2. The van der Waals surface area contributed by atoms with Crippen LogP contribution in [0.5, 0.6) is 0 Å². The van der Waals surface area contributed by atoms with Gasteiger partial charge in [0.15, 0.2) is 0 Å². The first-order valence-corrected chi connectivity index (χ1v) is 13.3. The predicted molar refractivity (Wildman–Crippen MR) is 127 cm³/mol. The Balaban J connectivity index is 1.49. The molecule has 0 N–H and O–H groups in total. The van der Waals surface area contributed by atoms with Gasteiger partial charge in [0, 0.05) is 48.1 Å². The van der Waals surface area contributed by atoms with Crippen molar-refractivity contribution in [2.75, 3.05) is 31.6 Å². The monoisotopic (exact) mass is 488 g/mol. The van der Waals surface area contributed by atoms with Gasteiger partial charge in [0.2, 0.25) is 10.0 Å². The first-order chi connectivity index (χ1) is 15.9. The molecule has 33 heavy (non-hydrogen) atoms. The summed E-state index contributed by atoms with van der Waals surface area (Å²) in [5.74, 6) is -0.586. The molecule has 0 saturated carbocycles. The molecule has 6 nitrogen and oxygen atoms in total. The van der Waals surface area contributed by atoms with Crippen LogP contribution < -0.4 is 4.90 Å². The summed E-state index contributed by atoms with van der Waals surface area (Å²) >= 11 is 1.26. The third-order valence-electron chi connectivity index (χ3n) is 6.39. The largest absolute Gasteiger partial charge is 0.380 e. The van der Waals surface area contributed by atoms with Gasteiger partial charge in [-0.3, -0.25) is 4.79 Å². The molecule has 0 unspecified atom stereocenters. The second kappa shape index (κ2) is 8.79. The minimum Gasteiger partial charge on any atom is -0.380 e. The molecule has 1 aromatic heterocycles. The number of anilines is 1. The first kappa shape index (κ1) is 22.5. The van der Waals surface area contributed by atoms with Crippen LogP contribution in [-0.2, 0) is 27.8 Å². The summed E-state index contributed by atoms with van der Waals surface area (Å²) in [6, 6.07) is 9.84. The van der Waals surface area contributed by atoms with Gasteiger partial charge < -0.3 is 9.64 Å². The third kappa shape index (κ3) is 3.86. The Morgan fingerprint density at radius 3 is 2.67 bits per heavy atom. The molecule has 1 fully saturated rings. The Labute approximate surface area is 196 Å². The maximum absolute atomic E-state index is 14.5. The molecule has 2 aromatic carbocycles. The van der Waals surface area contributed by atoms with Gasteiger partial charge in [-0.05, 0) is 55.2 Å². The molecule has 0 bridgehead atoms. The number of amides is 1. The average Bonchev–Trinajstić information content (AvgIpc) is 3.41. The first-order valence-electron chi connectivity index (χ1n) is 11.1. The summed E-state index contributed by atoms with van der Waals surface area (Å²) in [7, 11) is -2.01. The normalized spacial score (nSPS) is 17.0. The van der Waals surface area contributed by atoms with Crippen molar-refractivity contribution in [2.24, 2.45) is 0 Å². The molecule has 3 aromatic rings. The van der Waals surface area contributed by atoms with E-state index < -0.39 is 10.0 Å². The number of piperidine rings is 1. The van der Waals surface area contributed by atoms with Crippen molar-refractivity contribution in [1.82, 2.24) is 4.31 Å². The molecule has 0 atom stereocenters.